The highest BCUT2D eigenvalue weighted by molar-refractivity contribution is 6.53. The molecule has 156 valence electrons. The van der Waals surface area contributed by atoms with Gasteiger partial charge in [0.05, 0.1) is 23.5 Å². The van der Waals surface area contributed by atoms with Crippen molar-refractivity contribution in [1.82, 2.24) is 14.7 Å². The van der Waals surface area contributed by atoms with Crippen molar-refractivity contribution < 1.29 is 14.0 Å². The van der Waals surface area contributed by atoms with Crippen LogP contribution in [-0.4, -0.2) is 37.9 Å². The van der Waals surface area contributed by atoms with E-state index in [9.17, 15) is 14.0 Å². The van der Waals surface area contributed by atoms with E-state index in [0.29, 0.717) is 17.9 Å². The number of alkyl halides is 2. The molecule has 1 heterocycles. The number of hydrogen-bond donors (Lipinski definition) is 1. The summed E-state index contributed by atoms with van der Waals surface area (Å²) < 4.78 is 15.0. The van der Waals surface area contributed by atoms with Crippen LogP contribution in [0.5, 0.6) is 0 Å². The zero-order valence-corrected chi connectivity index (χ0v) is 17.6. The highest BCUT2D eigenvalue weighted by atomic mass is 35.5. The number of para-hydroxylation sites is 1. The summed E-state index contributed by atoms with van der Waals surface area (Å²) in [6.07, 6.45) is 1.57. The first kappa shape index (κ1) is 21.8. The monoisotopic (exact) mass is 448 g/mol. The smallest absolute Gasteiger partial charge is 0.259 e. The van der Waals surface area contributed by atoms with Gasteiger partial charge in [0.25, 0.3) is 11.8 Å². The van der Waals surface area contributed by atoms with Crippen molar-refractivity contribution in [3.05, 3.63) is 77.9 Å². The normalized spacial score (nSPS) is 10.8. The lowest BCUT2D eigenvalue weighted by molar-refractivity contribution is -0.129. The minimum absolute atomic E-state index is 0.0387. The van der Waals surface area contributed by atoms with Gasteiger partial charge in [0, 0.05) is 18.4 Å². The minimum atomic E-state index is -1.22. The van der Waals surface area contributed by atoms with Crippen LogP contribution in [0.3, 0.4) is 0 Å². The van der Waals surface area contributed by atoms with Gasteiger partial charge < -0.3 is 10.2 Å². The number of anilines is 1. The fraction of sp³-hybridized carbons (Fsp3) is 0.190. The number of benzene rings is 2. The van der Waals surface area contributed by atoms with E-state index in [1.807, 2.05) is 30.3 Å². The van der Waals surface area contributed by atoms with Crippen LogP contribution in [-0.2, 0) is 11.3 Å². The van der Waals surface area contributed by atoms with Crippen LogP contribution in [0.25, 0.3) is 5.69 Å². The average molecular weight is 449 g/mol. The van der Waals surface area contributed by atoms with E-state index in [2.05, 4.69) is 10.4 Å². The van der Waals surface area contributed by atoms with Crippen LogP contribution in [0.2, 0.25) is 0 Å². The predicted molar refractivity (Wildman–Crippen MR) is 115 cm³/mol. The van der Waals surface area contributed by atoms with Crippen LogP contribution in [0.4, 0.5) is 10.1 Å². The van der Waals surface area contributed by atoms with Gasteiger partial charge in [-0.05, 0) is 37.3 Å². The Morgan fingerprint density at radius 3 is 2.53 bits per heavy atom. The molecule has 9 heteroatoms. The third kappa shape index (κ3) is 5.17. The van der Waals surface area contributed by atoms with Crippen LogP contribution in [0.15, 0.2) is 60.8 Å². The van der Waals surface area contributed by atoms with E-state index in [1.165, 1.54) is 23.1 Å². The number of carbonyl (C=O) groups excluding carboxylic acids is 2. The number of halogens is 3. The van der Waals surface area contributed by atoms with Gasteiger partial charge in [0.2, 0.25) is 0 Å². The molecule has 0 aliphatic carbocycles. The Morgan fingerprint density at radius 1 is 1.17 bits per heavy atom. The quantitative estimate of drug-likeness (QED) is 0.544. The molecular formula is C21H19Cl2FN4O2. The molecule has 0 atom stereocenters. The van der Waals surface area contributed by atoms with Crippen molar-refractivity contribution in [3.8, 4) is 5.69 Å². The standard InChI is InChI=1S/C21H19Cl2FN4O2/c1-2-27(21(30)19(22)23)13-18-17(12-28(26-18)16-9-4-3-5-10-16)20(29)25-15-8-6-7-14(24)11-15/h3-12,19H,2,13H2,1H3,(H,25,29). The summed E-state index contributed by atoms with van der Waals surface area (Å²) in [5.74, 6) is -1.42. The second-order valence-electron chi connectivity index (χ2n) is 6.39. The van der Waals surface area contributed by atoms with Gasteiger partial charge in [0.1, 0.15) is 5.82 Å². The maximum atomic E-state index is 13.5. The van der Waals surface area contributed by atoms with Crippen molar-refractivity contribution in [2.24, 2.45) is 0 Å². The van der Waals surface area contributed by atoms with E-state index in [0.717, 1.165) is 5.69 Å². The molecule has 2 aromatic carbocycles. The first-order valence-corrected chi connectivity index (χ1v) is 10.0. The third-order valence-electron chi connectivity index (χ3n) is 4.36. The molecule has 0 fully saturated rings. The predicted octanol–water partition coefficient (Wildman–Crippen LogP) is 4.42. The number of carbonyl (C=O) groups is 2. The molecule has 0 radical (unpaired) electrons. The molecule has 6 nitrogen and oxygen atoms in total. The molecule has 3 rings (SSSR count). The van der Waals surface area contributed by atoms with Gasteiger partial charge in [0.15, 0.2) is 4.84 Å². The zero-order valence-electron chi connectivity index (χ0n) is 16.1. The second kappa shape index (κ2) is 9.73. The molecule has 0 aliphatic heterocycles. The van der Waals surface area contributed by atoms with E-state index >= 15 is 0 Å². The lowest BCUT2D eigenvalue weighted by Crippen LogP contribution is -2.35. The van der Waals surface area contributed by atoms with E-state index < -0.39 is 22.5 Å². The molecule has 0 unspecified atom stereocenters. The van der Waals surface area contributed by atoms with E-state index in [4.69, 9.17) is 23.2 Å². The number of nitrogens with zero attached hydrogens (tertiary/aromatic N) is 3. The summed E-state index contributed by atoms with van der Waals surface area (Å²) in [6, 6.07) is 14.8. The number of aromatic nitrogens is 2. The Balaban J connectivity index is 1.96. The summed E-state index contributed by atoms with van der Waals surface area (Å²) in [7, 11) is 0. The SMILES string of the molecule is CCN(Cc1nn(-c2ccccc2)cc1C(=O)Nc1cccc(F)c1)C(=O)C(Cl)Cl. The topological polar surface area (TPSA) is 67.2 Å². The maximum Gasteiger partial charge on any atom is 0.259 e. The van der Waals surface area contributed by atoms with Crippen LogP contribution >= 0.6 is 23.2 Å². The summed E-state index contributed by atoms with van der Waals surface area (Å²) >= 11 is 11.5. The molecule has 0 bridgehead atoms. The summed E-state index contributed by atoms with van der Waals surface area (Å²) in [6.45, 7) is 2.14. The molecule has 0 spiro atoms. The highest BCUT2D eigenvalue weighted by Gasteiger charge is 2.24. The van der Waals surface area contributed by atoms with Crippen molar-refractivity contribution in [2.75, 3.05) is 11.9 Å². The number of nitrogens with one attached hydrogen (secondary N) is 1. The molecule has 0 saturated heterocycles. The van der Waals surface area contributed by atoms with Gasteiger partial charge in [-0.15, -0.1) is 0 Å². The lowest BCUT2D eigenvalue weighted by atomic mass is 10.2. The zero-order chi connectivity index (χ0) is 21.7. The third-order valence-corrected chi connectivity index (χ3v) is 4.73. The fourth-order valence-corrected chi connectivity index (χ4v) is 3.13. The summed E-state index contributed by atoms with van der Waals surface area (Å²) in [5.41, 5.74) is 1.65. The molecule has 2 amide bonds. The van der Waals surface area contributed by atoms with Crippen molar-refractivity contribution in [2.45, 2.75) is 18.3 Å². The Kier molecular flexibility index (Phi) is 7.07. The fourth-order valence-electron chi connectivity index (χ4n) is 2.86. The van der Waals surface area contributed by atoms with E-state index in [1.54, 1.807) is 23.9 Å². The van der Waals surface area contributed by atoms with Gasteiger partial charge in [-0.25, -0.2) is 9.07 Å². The maximum absolute atomic E-state index is 13.5. The largest absolute Gasteiger partial charge is 0.335 e. The Morgan fingerprint density at radius 2 is 1.90 bits per heavy atom. The minimum Gasteiger partial charge on any atom is -0.335 e. The van der Waals surface area contributed by atoms with E-state index in [-0.39, 0.29) is 12.1 Å². The Hall–Kier alpha value is -2.90. The number of amides is 2. The van der Waals surface area contributed by atoms with Crippen molar-refractivity contribution in [1.29, 1.82) is 0 Å². The molecule has 30 heavy (non-hydrogen) atoms. The van der Waals surface area contributed by atoms with Crippen LogP contribution < -0.4 is 5.32 Å². The number of rotatable bonds is 7. The van der Waals surface area contributed by atoms with Crippen LogP contribution in [0, 0.1) is 5.82 Å². The molecule has 0 aliphatic rings. The first-order chi connectivity index (χ1) is 14.4. The van der Waals surface area contributed by atoms with Crippen molar-refractivity contribution >= 4 is 40.7 Å². The molecular weight excluding hydrogens is 430 g/mol. The highest BCUT2D eigenvalue weighted by Crippen LogP contribution is 2.19. The first-order valence-electron chi connectivity index (χ1n) is 9.17. The molecule has 0 saturated carbocycles. The lowest BCUT2D eigenvalue weighted by Gasteiger charge is -2.20. The summed E-state index contributed by atoms with van der Waals surface area (Å²) in [4.78, 5) is 25.4. The molecule has 3 aromatic rings. The van der Waals surface area contributed by atoms with Gasteiger partial charge in [-0.1, -0.05) is 47.5 Å². The Bertz CT molecular complexity index is 1040. The average Bonchev–Trinajstić information content (AvgIpc) is 3.16. The molecule has 1 aromatic heterocycles. The van der Waals surface area contributed by atoms with Gasteiger partial charge in [-0.3, -0.25) is 9.59 Å². The second-order valence-corrected chi connectivity index (χ2v) is 7.48. The van der Waals surface area contributed by atoms with Crippen molar-refractivity contribution in [3.63, 3.8) is 0 Å². The summed E-state index contributed by atoms with van der Waals surface area (Å²) in [5, 5.41) is 7.15. The Labute approximate surface area is 183 Å². The number of hydrogen-bond acceptors (Lipinski definition) is 3. The van der Waals surface area contributed by atoms with Gasteiger partial charge >= 0.3 is 0 Å². The van der Waals surface area contributed by atoms with Crippen LogP contribution in [0.1, 0.15) is 23.0 Å². The molecule has 1 N–H and O–H groups in total. The van der Waals surface area contributed by atoms with Gasteiger partial charge in [-0.2, -0.15) is 5.10 Å².